The van der Waals surface area contributed by atoms with Crippen molar-refractivity contribution in [3.63, 3.8) is 0 Å². The average molecular weight is 264 g/mol. The van der Waals surface area contributed by atoms with Gasteiger partial charge in [-0.15, -0.1) is 0 Å². The second-order valence-electron chi connectivity index (χ2n) is 3.96. The molecular formula is C10H11BN3O3S. The van der Waals surface area contributed by atoms with Crippen molar-refractivity contribution in [2.24, 2.45) is 7.05 Å². The minimum absolute atomic E-state index is 0.219. The minimum Gasteiger partial charge on any atom is -0.296 e. The van der Waals surface area contributed by atoms with Gasteiger partial charge in [-0.1, -0.05) is 12.9 Å². The lowest BCUT2D eigenvalue weighted by Crippen LogP contribution is -2.36. The van der Waals surface area contributed by atoms with Crippen LogP contribution in [0.25, 0.3) is 11.0 Å². The fourth-order valence-electron chi connectivity index (χ4n) is 1.64. The molecule has 0 unspecified atom stereocenters. The molecule has 2 aromatic rings. The standard InChI is InChI=1S/C10H11BN3O3S/c1-11-7-4-6-5-12-10(18(3,16)17)13-8(6)14(2)9(7)15/h4-5H,1-3H3. The second-order valence-corrected chi connectivity index (χ2v) is 5.87. The van der Waals surface area contributed by atoms with Gasteiger partial charge in [0, 0.05) is 24.9 Å². The molecule has 0 N–H and O–H groups in total. The molecule has 0 aromatic carbocycles. The number of pyridine rings is 1. The molecule has 6 nitrogen and oxygen atoms in total. The molecule has 2 rings (SSSR count). The summed E-state index contributed by atoms with van der Waals surface area (Å²) in [6, 6.07) is 1.64. The fraction of sp³-hybridized carbons (Fsp3) is 0.300. The van der Waals surface area contributed by atoms with Crippen LogP contribution in [0.15, 0.2) is 22.2 Å². The Hall–Kier alpha value is -1.70. The number of sulfone groups is 1. The third kappa shape index (κ3) is 2.03. The van der Waals surface area contributed by atoms with Crippen molar-refractivity contribution < 1.29 is 8.42 Å². The van der Waals surface area contributed by atoms with E-state index in [4.69, 9.17) is 0 Å². The zero-order valence-electron chi connectivity index (χ0n) is 10.2. The first kappa shape index (κ1) is 12.8. The lowest BCUT2D eigenvalue weighted by Gasteiger charge is -2.07. The van der Waals surface area contributed by atoms with Crippen LogP contribution in [0, 0.1) is 0 Å². The van der Waals surface area contributed by atoms with Gasteiger partial charge in [0.2, 0.25) is 20.6 Å². The summed E-state index contributed by atoms with van der Waals surface area (Å²) in [5, 5.41) is 0.343. The van der Waals surface area contributed by atoms with Crippen LogP contribution < -0.4 is 11.0 Å². The molecule has 0 fully saturated rings. The van der Waals surface area contributed by atoms with Crippen LogP contribution in [0.3, 0.4) is 0 Å². The van der Waals surface area contributed by atoms with Crippen LogP contribution in [-0.4, -0.2) is 36.5 Å². The average Bonchev–Trinajstić information content (AvgIpc) is 2.32. The molecular weight excluding hydrogens is 253 g/mol. The Morgan fingerprint density at radius 3 is 2.61 bits per heavy atom. The van der Waals surface area contributed by atoms with Gasteiger partial charge in [0.1, 0.15) is 5.65 Å². The van der Waals surface area contributed by atoms with Crippen LogP contribution in [0.4, 0.5) is 0 Å². The van der Waals surface area contributed by atoms with Gasteiger partial charge < -0.3 is 0 Å². The van der Waals surface area contributed by atoms with E-state index < -0.39 is 9.84 Å². The number of fused-ring (bicyclic) bond motifs is 1. The number of rotatable bonds is 2. The first-order chi connectivity index (χ1) is 8.34. The molecule has 93 valence electrons. The largest absolute Gasteiger partial charge is 0.296 e. The highest BCUT2D eigenvalue weighted by molar-refractivity contribution is 7.90. The molecule has 0 atom stereocenters. The molecule has 0 saturated heterocycles. The minimum atomic E-state index is -3.48. The van der Waals surface area contributed by atoms with E-state index in [0.717, 1.165) is 6.26 Å². The summed E-state index contributed by atoms with van der Waals surface area (Å²) in [5.41, 5.74) is 0.616. The maximum Gasteiger partial charge on any atom is 0.248 e. The summed E-state index contributed by atoms with van der Waals surface area (Å²) in [6.07, 6.45) is 2.44. The molecule has 0 aliphatic rings. The van der Waals surface area contributed by atoms with Crippen LogP contribution in [0.5, 0.6) is 0 Å². The number of aryl methyl sites for hydroxylation is 1. The Morgan fingerprint density at radius 2 is 2.06 bits per heavy atom. The van der Waals surface area contributed by atoms with Gasteiger partial charge in [-0.25, -0.2) is 13.4 Å². The maximum atomic E-state index is 11.9. The van der Waals surface area contributed by atoms with E-state index >= 15 is 0 Å². The van der Waals surface area contributed by atoms with Gasteiger partial charge in [-0.2, -0.15) is 4.98 Å². The Morgan fingerprint density at radius 1 is 1.39 bits per heavy atom. The van der Waals surface area contributed by atoms with Crippen molar-refractivity contribution in [1.82, 2.24) is 14.5 Å². The van der Waals surface area contributed by atoms with Gasteiger partial charge in [-0.05, 0) is 5.46 Å². The van der Waals surface area contributed by atoms with Gasteiger partial charge in [0.25, 0.3) is 0 Å². The smallest absolute Gasteiger partial charge is 0.248 e. The summed E-state index contributed by atoms with van der Waals surface area (Å²) < 4.78 is 24.1. The van der Waals surface area contributed by atoms with Gasteiger partial charge in [-0.3, -0.25) is 9.36 Å². The molecule has 8 heteroatoms. The number of nitrogens with zero attached hydrogens (tertiary/aromatic N) is 3. The maximum absolute atomic E-state index is 11.9. The molecule has 1 radical (unpaired) electrons. The zero-order valence-corrected chi connectivity index (χ0v) is 11.0. The van der Waals surface area contributed by atoms with Crippen molar-refractivity contribution in [2.45, 2.75) is 12.0 Å². The van der Waals surface area contributed by atoms with Crippen molar-refractivity contribution in [3.05, 3.63) is 22.6 Å². The summed E-state index contributed by atoms with van der Waals surface area (Å²) in [5.74, 6) is 0. The summed E-state index contributed by atoms with van der Waals surface area (Å²) in [7, 11) is -0.246. The quantitative estimate of drug-likeness (QED) is 0.519. The van der Waals surface area contributed by atoms with E-state index in [2.05, 4.69) is 9.97 Å². The lowest BCUT2D eigenvalue weighted by atomic mass is 9.74. The van der Waals surface area contributed by atoms with E-state index in [9.17, 15) is 13.2 Å². The molecule has 2 aromatic heterocycles. The van der Waals surface area contributed by atoms with Crippen molar-refractivity contribution in [3.8, 4) is 0 Å². The van der Waals surface area contributed by atoms with Crippen LogP contribution in [-0.2, 0) is 16.9 Å². The Kier molecular flexibility index (Phi) is 2.98. The van der Waals surface area contributed by atoms with Crippen molar-refractivity contribution >= 4 is 33.6 Å². The Labute approximate surface area is 105 Å². The summed E-state index contributed by atoms with van der Waals surface area (Å²) >= 11 is 0. The van der Waals surface area contributed by atoms with E-state index in [-0.39, 0.29) is 10.7 Å². The topological polar surface area (TPSA) is 81.9 Å². The van der Waals surface area contributed by atoms with E-state index in [1.54, 1.807) is 27.2 Å². The number of hydrogen-bond donors (Lipinski definition) is 0. The highest BCUT2D eigenvalue weighted by Crippen LogP contribution is 2.09. The van der Waals surface area contributed by atoms with Gasteiger partial charge in [0.05, 0.1) is 0 Å². The number of hydrogen-bond acceptors (Lipinski definition) is 5. The number of aromatic nitrogens is 3. The highest BCUT2D eigenvalue weighted by Gasteiger charge is 2.14. The first-order valence-electron chi connectivity index (χ1n) is 5.21. The SMILES string of the molecule is C[B]c1cc2cnc(S(C)(=O)=O)nc2n(C)c1=O. The molecule has 0 bridgehead atoms. The van der Waals surface area contributed by atoms with Crippen LogP contribution >= 0.6 is 0 Å². The molecule has 0 amide bonds. The van der Waals surface area contributed by atoms with E-state index in [1.165, 1.54) is 10.8 Å². The van der Waals surface area contributed by atoms with Crippen molar-refractivity contribution in [2.75, 3.05) is 6.26 Å². The Bertz CT molecular complexity index is 783. The highest BCUT2D eigenvalue weighted by atomic mass is 32.2. The first-order valence-corrected chi connectivity index (χ1v) is 7.10. The summed E-state index contributed by atoms with van der Waals surface area (Å²) in [4.78, 5) is 19.6. The van der Waals surface area contributed by atoms with Crippen LogP contribution in [0.1, 0.15) is 0 Å². The molecule has 2 heterocycles. The van der Waals surface area contributed by atoms with Crippen LogP contribution in [0.2, 0.25) is 6.82 Å². The summed E-state index contributed by atoms with van der Waals surface area (Å²) in [6.45, 7) is 1.76. The fourth-order valence-corrected chi connectivity index (χ4v) is 2.14. The van der Waals surface area contributed by atoms with Crippen molar-refractivity contribution in [1.29, 1.82) is 0 Å². The Balaban J connectivity index is 2.88. The zero-order chi connectivity index (χ0) is 13.5. The third-order valence-electron chi connectivity index (χ3n) is 2.60. The predicted octanol–water partition coefficient (Wildman–Crippen LogP) is -0.890. The third-order valence-corrected chi connectivity index (χ3v) is 3.46. The van der Waals surface area contributed by atoms with Gasteiger partial charge >= 0.3 is 0 Å². The predicted molar refractivity (Wildman–Crippen MR) is 69.1 cm³/mol. The molecule has 0 saturated carbocycles. The molecule has 0 aliphatic carbocycles. The second kappa shape index (κ2) is 4.20. The van der Waals surface area contributed by atoms with Gasteiger partial charge in [0.15, 0.2) is 7.28 Å². The monoisotopic (exact) mass is 264 g/mol. The molecule has 0 aliphatic heterocycles. The van der Waals surface area contributed by atoms with E-state index in [1.807, 2.05) is 0 Å². The molecule has 0 spiro atoms. The molecule has 18 heavy (non-hydrogen) atoms. The normalized spacial score (nSPS) is 11.7. The van der Waals surface area contributed by atoms with E-state index in [0.29, 0.717) is 16.5 Å². The lowest BCUT2D eigenvalue weighted by molar-refractivity contribution is 0.593.